The molecule has 0 bridgehead atoms. The molecule has 4 nitrogen and oxygen atoms in total. The molecule has 0 unspecified atom stereocenters. The van der Waals surface area contributed by atoms with Crippen LogP contribution in [0.5, 0.6) is 0 Å². The summed E-state index contributed by atoms with van der Waals surface area (Å²) in [7, 11) is -3.60. The molecule has 112 valence electrons. The van der Waals surface area contributed by atoms with E-state index in [0.717, 1.165) is 17.5 Å². The van der Waals surface area contributed by atoms with Crippen LogP contribution in [0, 0.1) is 0 Å². The van der Waals surface area contributed by atoms with Gasteiger partial charge in [0.15, 0.2) is 0 Å². The molecule has 0 saturated heterocycles. The van der Waals surface area contributed by atoms with Gasteiger partial charge in [0.2, 0.25) is 10.0 Å². The number of hydrogen-bond donors (Lipinski definition) is 1. The predicted molar refractivity (Wildman–Crippen MR) is 85.0 cm³/mol. The Morgan fingerprint density at radius 3 is 2.90 bits per heavy atom. The van der Waals surface area contributed by atoms with Crippen LogP contribution in [0.1, 0.15) is 16.0 Å². The highest BCUT2D eigenvalue weighted by atomic mass is 35.5. The quantitative estimate of drug-likeness (QED) is 0.932. The highest BCUT2D eigenvalue weighted by Gasteiger charge is 2.30. The molecule has 2 heterocycles. The van der Waals surface area contributed by atoms with Crippen LogP contribution in [0.15, 0.2) is 34.5 Å². The molecule has 0 aliphatic carbocycles. The number of nitrogens with two attached hydrogens (primary N) is 1. The van der Waals surface area contributed by atoms with Gasteiger partial charge >= 0.3 is 0 Å². The summed E-state index contributed by atoms with van der Waals surface area (Å²) < 4.78 is 27.1. The lowest BCUT2D eigenvalue weighted by Crippen LogP contribution is -2.35. The summed E-state index contributed by atoms with van der Waals surface area (Å²) in [5.41, 5.74) is 7.43. The van der Waals surface area contributed by atoms with E-state index in [-0.39, 0.29) is 16.5 Å². The third kappa shape index (κ3) is 2.74. The molecule has 0 atom stereocenters. The van der Waals surface area contributed by atoms with Crippen LogP contribution < -0.4 is 5.73 Å². The molecule has 2 N–H and O–H groups in total. The molecule has 1 aliphatic heterocycles. The maximum atomic E-state index is 12.8. The van der Waals surface area contributed by atoms with E-state index in [9.17, 15) is 8.42 Å². The monoisotopic (exact) mass is 342 g/mol. The van der Waals surface area contributed by atoms with Crippen LogP contribution in [-0.4, -0.2) is 19.3 Å². The fraction of sp³-hybridized carbons (Fsp3) is 0.286. The molecule has 0 fully saturated rings. The Hall–Kier alpha value is -0.920. The van der Waals surface area contributed by atoms with Crippen molar-refractivity contribution in [3.05, 3.63) is 50.7 Å². The van der Waals surface area contributed by atoms with E-state index >= 15 is 0 Å². The summed E-state index contributed by atoms with van der Waals surface area (Å²) in [5.74, 6) is 0. The van der Waals surface area contributed by atoms with Gasteiger partial charge in [0.1, 0.15) is 4.90 Å². The molecule has 3 rings (SSSR count). The molecule has 21 heavy (non-hydrogen) atoms. The van der Waals surface area contributed by atoms with Gasteiger partial charge in [-0.15, -0.1) is 11.3 Å². The predicted octanol–water partition coefficient (Wildman–Crippen LogP) is 2.61. The maximum Gasteiger partial charge on any atom is 0.244 e. The highest BCUT2D eigenvalue weighted by molar-refractivity contribution is 7.89. The topological polar surface area (TPSA) is 63.4 Å². The number of sulfonamides is 1. The smallest absolute Gasteiger partial charge is 0.244 e. The summed E-state index contributed by atoms with van der Waals surface area (Å²) in [5, 5.41) is 2.24. The molecule has 0 amide bonds. The molecule has 1 aromatic carbocycles. The van der Waals surface area contributed by atoms with Crippen LogP contribution in [0.2, 0.25) is 5.02 Å². The van der Waals surface area contributed by atoms with Crippen molar-refractivity contribution in [2.45, 2.75) is 24.4 Å². The second kappa shape index (κ2) is 5.70. The SMILES string of the molecule is NCc1ccc(Cl)c(S(=O)(=O)N2CCc3sccc3C2)c1. The first-order valence-electron chi connectivity index (χ1n) is 6.56. The zero-order chi connectivity index (χ0) is 15.0. The van der Waals surface area contributed by atoms with E-state index in [1.807, 2.05) is 11.4 Å². The zero-order valence-electron chi connectivity index (χ0n) is 11.3. The van der Waals surface area contributed by atoms with Crippen molar-refractivity contribution in [3.8, 4) is 0 Å². The van der Waals surface area contributed by atoms with E-state index in [1.54, 1.807) is 29.5 Å². The van der Waals surface area contributed by atoms with Gasteiger partial charge in [0, 0.05) is 24.5 Å². The van der Waals surface area contributed by atoms with Crippen molar-refractivity contribution < 1.29 is 8.42 Å². The molecular formula is C14H15ClN2O2S2. The number of rotatable bonds is 3. The van der Waals surface area contributed by atoms with Gasteiger partial charge in [-0.05, 0) is 41.1 Å². The number of halogens is 1. The fourth-order valence-corrected chi connectivity index (χ4v) is 5.27. The minimum Gasteiger partial charge on any atom is -0.326 e. The lowest BCUT2D eigenvalue weighted by Gasteiger charge is -2.26. The highest BCUT2D eigenvalue weighted by Crippen LogP contribution is 2.31. The Morgan fingerprint density at radius 2 is 2.14 bits per heavy atom. The van der Waals surface area contributed by atoms with E-state index in [2.05, 4.69) is 0 Å². The standard InChI is InChI=1S/C14H15ClN2O2S2/c15-12-2-1-10(8-16)7-14(12)21(18,19)17-5-3-13-11(9-17)4-6-20-13/h1-2,4,6-7H,3,5,8-9,16H2. The molecule has 0 radical (unpaired) electrons. The minimum absolute atomic E-state index is 0.144. The second-order valence-corrected chi connectivity index (χ2v) is 8.24. The van der Waals surface area contributed by atoms with Gasteiger partial charge in [0.05, 0.1) is 5.02 Å². The Morgan fingerprint density at radius 1 is 1.33 bits per heavy atom. The van der Waals surface area contributed by atoms with E-state index < -0.39 is 10.0 Å². The molecule has 7 heteroatoms. The molecular weight excluding hydrogens is 328 g/mol. The van der Waals surface area contributed by atoms with Crippen molar-refractivity contribution in [1.82, 2.24) is 4.31 Å². The van der Waals surface area contributed by atoms with Gasteiger partial charge in [0.25, 0.3) is 0 Å². The second-order valence-electron chi connectivity index (χ2n) is 4.93. The minimum atomic E-state index is -3.60. The van der Waals surface area contributed by atoms with Crippen LogP contribution >= 0.6 is 22.9 Å². The Kier molecular flexibility index (Phi) is 4.07. The maximum absolute atomic E-state index is 12.8. The number of benzene rings is 1. The Balaban J connectivity index is 1.98. The fourth-order valence-electron chi connectivity index (χ4n) is 2.44. The Labute approximate surface area is 133 Å². The lowest BCUT2D eigenvalue weighted by molar-refractivity contribution is 0.394. The number of thiophene rings is 1. The van der Waals surface area contributed by atoms with Gasteiger partial charge in [-0.25, -0.2) is 8.42 Å². The van der Waals surface area contributed by atoms with Gasteiger partial charge in [-0.1, -0.05) is 17.7 Å². The third-order valence-corrected chi connectivity index (χ3v) is 6.97. The van der Waals surface area contributed by atoms with E-state index in [1.165, 1.54) is 9.18 Å². The van der Waals surface area contributed by atoms with Crippen LogP contribution in [0.4, 0.5) is 0 Å². The number of hydrogen-bond acceptors (Lipinski definition) is 4. The molecule has 2 aromatic rings. The van der Waals surface area contributed by atoms with E-state index in [0.29, 0.717) is 13.1 Å². The molecule has 0 saturated carbocycles. The average molecular weight is 343 g/mol. The number of nitrogens with zero attached hydrogens (tertiary/aromatic N) is 1. The van der Waals surface area contributed by atoms with Gasteiger partial charge in [-0.3, -0.25) is 0 Å². The first-order chi connectivity index (χ1) is 10.0. The summed E-state index contributed by atoms with van der Waals surface area (Å²) in [6.45, 7) is 1.18. The van der Waals surface area contributed by atoms with E-state index in [4.69, 9.17) is 17.3 Å². The van der Waals surface area contributed by atoms with Crippen LogP contribution in [0.25, 0.3) is 0 Å². The third-order valence-electron chi connectivity index (χ3n) is 3.62. The van der Waals surface area contributed by atoms with Gasteiger partial charge < -0.3 is 5.73 Å². The summed E-state index contributed by atoms with van der Waals surface area (Å²) >= 11 is 7.77. The zero-order valence-corrected chi connectivity index (χ0v) is 13.6. The summed E-state index contributed by atoms with van der Waals surface area (Å²) in [4.78, 5) is 1.41. The first-order valence-corrected chi connectivity index (χ1v) is 9.26. The van der Waals surface area contributed by atoms with Crippen molar-refractivity contribution in [2.75, 3.05) is 6.54 Å². The molecule has 1 aliphatic rings. The van der Waals surface area contributed by atoms with Gasteiger partial charge in [-0.2, -0.15) is 4.31 Å². The Bertz CT molecular complexity index is 771. The largest absolute Gasteiger partial charge is 0.326 e. The summed E-state index contributed by atoms with van der Waals surface area (Å²) in [6.07, 6.45) is 0.750. The first kappa shape index (κ1) is 15.0. The number of fused-ring (bicyclic) bond motifs is 1. The van der Waals surface area contributed by atoms with Crippen LogP contribution in [0.3, 0.4) is 0 Å². The molecule has 1 aromatic heterocycles. The van der Waals surface area contributed by atoms with Crippen LogP contribution in [-0.2, 0) is 29.5 Å². The normalized spacial score (nSPS) is 15.9. The van der Waals surface area contributed by atoms with Crippen molar-refractivity contribution >= 4 is 33.0 Å². The van der Waals surface area contributed by atoms with Crippen molar-refractivity contribution in [1.29, 1.82) is 0 Å². The average Bonchev–Trinajstić information content (AvgIpc) is 2.95. The molecule has 0 spiro atoms. The summed E-state index contributed by atoms with van der Waals surface area (Å²) in [6, 6.07) is 6.89. The van der Waals surface area contributed by atoms with Crippen molar-refractivity contribution in [2.24, 2.45) is 5.73 Å². The van der Waals surface area contributed by atoms with Crippen molar-refractivity contribution in [3.63, 3.8) is 0 Å². The lowest BCUT2D eigenvalue weighted by atomic mass is 10.1.